The fourth-order valence-electron chi connectivity index (χ4n) is 3.10. The lowest BCUT2D eigenvalue weighted by Crippen LogP contribution is -2.43. The molecule has 8 nitrogen and oxygen atoms in total. The van der Waals surface area contributed by atoms with E-state index >= 15 is 0 Å². The van der Waals surface area contributed by atoms with Gasteiger partial charge in [0.05, 0.1) is 6.54 Å². The zero-order valence-corrected chi connectivity index (χ0v) is 17.5. The molecule has 2 aromatic carbocycles. The van der Waals surface area contributed by atoms with Gasteiger partial charge in [0.25, 0.3) is 5.91 Å². The van der Waals surface area contributed by atoms with Crippen molar-refractivity contribution in [1.29, 1.82) is 0 Å². The number of ether oxygens (including phenoxy) is 4. The highest BCUT2D eigenvalue weighted by Gasteiger charge is 2.24. The molecule has 1 aromatic heterocycles. The average Bonchev–Trinajstić information content (AvgIpc) is 2.83. The molecule has 164 valence electrons. The molecule has 32 heavy (non-hydrogen) atoms. The summed E-state index contributed by atoms with van der Waals surface area (Å²) in [5, 5.41) is 0. The molecule has 0 bridgehead atoms. The van der Waals surface area contributed by atoms with Crippen LogP contribution < -0.4 is 14.2 Å². The first-order valence-corrected chi connectivity index (χ1v) is 10.1. The van der Waals surface area contributed by atoms with Crippen LogP contribution in [0.4, 0.5) is 0 Å². The van der Waals surface area contributed by atoms with Crippen molar-refractivity contribution in [2.45, 2.75) is 6.10 Å². The van der Waals surface area contributed by atoms with Gasteiger partial charge in [-0.2, -0.15) is 0 Å². The molecule has 1 unspecified atom stereocenters. The number of amides is 1. The van der Waals surface area contributed by atoms with Crippen molar-refractivity contribution in [1.82, 2.24) is 9.88 Å². The van der Waals surface area contributed by atoms with Crippen LogP contribution in [0.3, 0.4) is 0 Å². The highest BCUT2D eigenvalue weighted by atomic mass is 16.6. The predicted molar refractivity (Wildman–Crippen MR) is 115 cm³/mol. The summed E-state index contributed by atoms with van der Waals surface area (Å²) >= 11 is 0. The Labute approximate surface area is 185 Å². The number of para-hydroxylation sites is 3. The van der Waals surface area contributed by atoms with Gasteiger partial charge < -0.3 is 23.8 Å². The van der Waals surface area contributed by atoms with Crippen LogP contribution in [0.2, 0.25) is 0 Å². The molecule has 0 saturated carbocycles. The molecule has 1 atom stereocenters. The van der Waals surface area contributed by atoms with Crippen molar-refractivity contribution in [3.05, 3.63) is 78.5 Å². The molecular formula is C24H22N2O6. The first kappa shape index (κ1) is 21.2. The van der Waals surface area contributed by atoms with Crippen LogP contribution in [0.5, 0.6) is 23.1 Å². The Balaban J connectivity index is 1.31. The number of rotatable bonds is 7. The Morgan fingerprint density at radius 3 is 2.59 bits per heavy atom. The van der Waals surface area contributed by atoms with Crippen LogP contribution in [0.25, 0.3) is 0 Å². The molecule has 8 heteroatoms. The molecule has 0 aliphatic carbocycles. The molecule has 2 heterocycles. The van der Waals surface area contributed by atoms with Gasteiger partial charge >= 0.3 is 5.97 Å². The summed E-state index contributed by atoms with van der Waals surface area (Å²) in [7, 11) is 1.62. The second-order valence-electron chi connectivity index (χ2n) is 7.12. The van der Waals surface area contributed by atoms with Crippen LogP contribution in [-0.2, 0) is 9.53 Å². The van der Waals surface area contributed by atoms with E-state index in [0.717, 1.165) is 0 Å². The van der Waals surface area contributed by atoms with Gasteiger partial charge in [-0.25, -0.2) is 9.78 Å². The average molecular weight is 434 g/mol. The maximum absolute atomic E-state index is 12.6. The van der Waals surface area contributed by atoms with Gasteiger partial charge in [0.2, 0.25) is 5.88 Å². The minimum atomic E-state index is -0.697. The van der Waals surface area contributed by atoms with E-state index in [9.17, 15) is 9.59 Å². The number of pyridine rings is 1. The van der Waals surface area contributed by atoms with Gasteiger partial charge in [-0.1, -0.05) is 30.3 Å². The van der Waals surface area contributed by atoms with Gasteiger partial charge in [-0.3, -0.25) is 4.79 Å². The monoisotopic (exact) mass is 434 g/mol. The predicted octanol–water partition coefficient (Wildman–Crippen LogP) is 3.33. The Bertz CT molecular complexity index is 1090. The van der Waals surface area contributed by atoms with Crippen molar-refractivity contribution in [2.75, 3.05) is 26.8 Å². The number of benzene rings is 2. The Kier molecular flexibility index (Phi) is 6.50. The SMILES string of the molecule is CN(CC1COc2ccccc2O1)C(=O)COC(=O)c1cccnc1Oc1ccccc1. The molecule has 1 aliphatic heterocycles. The molecule has 0 spiro atoms. The van der Waals surface area contributed by atoms with E-state index in [1.54, 1.807) is 25.2 Å². The number of nitrogens with zero attached hydrogens (tertiary/aromatic N) is 2. The molecule has 4 rings (SSSR count). The van der Waals surface area contributed by atoms with Gasteiger partial charge in [-0.15, -0.1) is 0 Å². The summed E-state index contributed by atoms with van der Waals surface area (Å²) in [4.78, 5) is 30.6. The molecule has 3 aromatic rings. The fraction of sp³-hybridized carbons (Fsp3) is 0.208. The smallest absolute Gasteiger partial charge is 0.344 e. The van der Waals surface area contributed by atoms with E-state index in [1.807, 2.05) is 42.5 Å². The zero-order valence-electron chi connectivity index (χ0n) is 17.5. The van der Waals surface area contributed by atoms with Gasteiger partial charge in [0.15, 0.2) is 24.2 Å². The Morgan fingerprint density at radius 1 is 1.03 bits per heavy atom. The summed E-state index contributed by atoms with van der Waals surface area (Å²) in [6.45, 7) is 0.198. The van der Waals surface area contributed by atoms with Crippen molar-refractivity contribution in [3.8, 4) is 23.1 Å². The summed E-state index contributed by atoms with van der Waals surface area (Å²) < 4.78 is 22.4. The van der Waals surface area contributed by atoms with E-state index in [1.165, 1.54) is 17.2 Å². The minimum absolute atomic E-state index is 0.107. The quantitative estimate of drug-likeness (QED) is 0.527. The van der Waals surface area contributed by atoms with Gasteiger partial charge in [-0.05, 0) is 36.4 Å². The van der Waals surface area contributed by atoms with Crippen LogP contribution >= 0.6 is 0 Å². The fourth-order valence-corrected chi connectivity index (χ4v) is 3.10. The zero-order chi connectivity index (χ0) is 22.3. The number of hydrogen-bond donors (Lipinski definition) is 0. The van der Waals surface area contributed by atoms with Crippen LogP contribution in [0.1, 0.15) is 10.4 Å². The Hall–Kier alpha value is -4.07. The van der Waals surface area contributed by atoms with E-state index in [-0.39, 0.29) is 23.5 Å². The molecule has 0 fully saturated rings. The van der Waals surface area contributed by atoms with Crippen molar-refractivity contribution in [2.24, 2.45) is 0 Å². The van der Waals surface area contributed by atoms with Gasteiger partial charge in [0.1, 0.15) is 17.9 Å². The molecule has 1 amide bonds. The normalized spacial score (nSPS) is 14.3. The number of aromatic nitrogens is 1. The number of carbonyl (C=O) groups is 2. The maximum Gasteiger partial charge on any atom is 0.344 e. The maximum atomic E-state index is 12.6. The summed E-state index contributed by atoms with van der Waals surface area (Å²) in [6.07, 6.45) is 1.19. The van der Waals surface area contributed by atoms with Crippen molar-refractivity contribution in [3.63, 3.8) is 0 Å². The number of likely N-dealkylation sites (N-methyl/N-ethyl adjacent to an activating group) is 1. The lowest BCUT2D eigenvalue weighted by Gasteiger charge is -2.29. The molecule has 0 N–H and O–H groups in total. The van der Waals surface area contributed by atoms with E-state index in [2.05, 4.69) is 4.98 Å². The van der Waals surface area contributed by atoms with E-state index < -0.39 is 12.6 Å². The topological polar surface area (TPSA) is 87.2 Å². The third-order valence-electron chi connectivity index (χ3n) is 4.75. The summed E-state index contributed by atoms with van der Waals surface area (Å²) in [6, 6.07) is 19.5. The Morgan fingerprint density at radius 2 is 1.78 bits per heavy atom. The molecular weight excluding hydrogens is 412 g/mol. The first-order valence-electron chi connectivity index (χ1n) is 10.1. The second kappa shape index (κ2) is 9.82. The third-order valence-corrected chi connectivity index (χ3v) is 4.75. The standard InChI is InChI=1S/C24H22N2O6/c1-26(14-18-15-29-20-11-5-6-12-21(20)31-18)22(27)16-30-24(28)19-10-7-13-25-23(19)32-17-8-3-2-4-9-17/h2-13,18H,14-16H2,1H3. The number of hydrogen-bond acceptors (Lipinski definition) is 7. The highest BCUT2D eigenvalue weighted by Crippen LogP contribution is 2.31. The molecule has 0 saturated heterocycles. The van der Waals surface area contributed by atoms with Crippen molar-refractivity contribution < 1.29 is 28.5 Å². The minimum Gasteiger partial charge on any atom is -0.486 e. The van der Waals surface area contributed by atoms with Crippen LogP contribution in [-0.4, -0.2) is 54.7 Å². The highest BCUT2D eigenvalue weighted by molar-refractivity contribution is 5.93. The third kappa shape index (κ3) is 5.15. The second-order valence-corrected chi connectivity index (χ2v) is 7.12. The molecule has 1 aliphatic rings. The van der Waals surface area contributed by atoms with E-state index in [4.69, 9.17) is 18.9 Å². The lowest BCUT2D eigenvalue weighted by atomic mass is 10.2. The summed E-state index contributed by atoms with van der Waals surface area (Å²) in [5.74, 6) is 0.894. The first-order chi connectivity index (χ1) is 15.6. The largest absolute Gasteiger partial charge is 0.486 e. The number of carbonyl (C=O) groups excluding carboxylic acids is 2. The van der Waals surface area contributed by atoms with Crippen LogP contribution in [0, 0.1) is 0 Å². The van der Waals surface area contributed by atoms with E-state index in [0.29, 0.717) is 30.4 Å². The van der Waals surface area contributed by atoms with Crippen LogP contribution in [0.15, 0.2) is 72.9 Å². The molecule has 0 radical (unpaired) electrons. The van der Waals surface area contributed by atoms with Crippen molar-refractivity contribution >= 4 is 11.9 Å². The van der Waals surface area contributed by atoms with Gasteiger partial charge in [0, 0.05) is 13.2 Å². The number of fused-ring (bicyclic) bond motifs is 1. The number of esters is 1. The summed E-state index contributed by atoms with van der Waals surface area (Å²) in [5.41, 5.74) is 0.132. The lowest BCUT2D eigenvalue weighted by molar-refractivity contribution is -0.134.